The molecule has 0 fully saturated rings. The van der Waals surface area contributed by atoms with Gasteiger partial charge < -0.3 is 9.64 Å². The number of carbonyl (C=O) groups excluding carboxylic acids is 1. The number of ether oxygens (including phenoxy) is 1. The van der Waals surface area contributed by atoms with Crippen LogP contribution in [0.4, 0.5) is 10.8 Å². The second-order valence-corrected chi connectivity index (χ2v) is 8.43. The largest absolute Gasteiger partial charge is 0.494 e. The number of benzene rings is 2. The van der Waals surface area contributed by atoms with E-state index in [2.05, 4.69) is 18.7 Å². The molecule has 2 aromatic carbocycles. The molecule has 1 heterocycles. The van der Waals surface area contributed by atoms with Gasteiger partial charge in [-0.2, -0.15) is 0 Å². The van der Waals surface area contributed by atoms with Gasteiger partial charge >= 0.3 is 0 Å². The third kappa shape index (κ3) is 4.58. The van der Waals surface area contributed by atoms with E-state index in [4.69, 9.17) is 9.72 Å². The van der Waals surface area contributed by atoms with Gasteiger partial charge in [-0.1, -0.05) is 37.3 Å². The van der Waals surface area contributed by atoms with Crippen molar-refractivity contribution in [1.82, 2.24) is 9.88 Å². The smallest absolute Gasteiger partial charge is 0.273 e. The lowest BCUT2D eigenvalue weighted by molar-refractivity contribution is -0.385. The number of methoxy groups -OCH3 is 1. The summed E-state index contributed by atoms with van der Waals surface area (Å²) in [7, 11) is 1.60. The summed E-state index contributed by atoms with van der Waals surface area (Å²) in [6.07, 6.45) is 0. The lowest BCUT2D eigenvalue weighted by atomic mass is 10.1. The molecule has 9 heteroatoms. The minimum absolute atomic E-state index is 0.0682. The Kier molecular flexibility index (Phi) is 7.42. The first-order valence-electron chi connectivity index (χ1n) is 10.5. The fourth-order valence-electron chi connectivity index (χ4n) is 3.64. The number of rotatable bonds is 9. The maximum Gasteiger partial charge on any atom is 0.273 e. The van der Waals surface area contributed by atoms with Crippen molar-refractivity contribution in [1.29, 1.82) is 0 Å². The van der Waals surface area contributed by atoms with Gasteiger partial charge in [-0.05, 0) is 44.6 Å². The third-order valence-electron chi connectivity index (χ3n) is 5.65. The van der Waals surface area contributed by atoms with Crippen molar-refractivity contribution in [2.24, 2.45) is 0 Å². The molecule has 0 aliphatic carbocycles. The quantitative estimate of drug-likeness (QED) is 0.339. The zero-order chi connectivity index (χ0) is 23.4. The number of nitro benzene ring substituents is 1. The van der Waals surface area contributed by atoms with E-state index in [1.807, 2.05) is 19.1 Å². The van der Waals surface area contributed by atoms with Gasteiger partial charge in [0.15, 0.2) is 5.13 Å². The third-order valence-corrected chi connectivity index (χ3v) is 6.87. The monoisotopic (exact) mass is 456 g/mol. The highest BCUT2D eigenvalue weighted by Crippen LogP contribution is 2.37. The van der Waals surface area contributed by atoms with Crippen molar-refractivity contribution in [3.63, 3.8) is 0 Å². The summed E-state index contributed by atoms with van der Waals surface area (Å²) in [5.41, 5.74) is 2.35. The van der Waals surface area contributed by atoms with Crippen molar-refractivity contribution in [3.8, 4) is 5.75 Å². The molecule has 0 unspecified atom stereocenters. The maximum absolute atomic E-state index is 13.7. The Labute approximate surface area is 191 Å². The molecule has 0 aliphatic heterocycles. The molecule has 0 spiro atoms. The van der Waals surface area contributed by atoms with Gasteiger partial charge in [0.25, 0.3) is 11.6 Å². The normalized spacial score (nSPS) is 11.2. The summed E-state index contributed by atoms with van der Waals surface area (Å²) < 4.78 is 6.43. The minimum atomic E-state index is -0.460. The molecule has 0 radical (unpaired) electrons. The topological polar surface area (TPSA) is 88.8 Å². The van der Waals surface area contributed by atoms with Gasteiger partial charge in [0.05, 0.1) is 16.7 Å². The number of aromatic nitrogens is 1. The number of nitrogens with zero attached hydrogens (tertiary/aromatic N) is 4. The molecule has 0 bridgehead atoms. The number of nitro groups is 1. The van der Waals surface area contributed by atoms with Crippen molar-refractivity contribution in [3.05, 3.63) is 57.1 Å². The van der Waals surface area contributed by atoms with Crippen molar-refractivity contribution in [2.75, 3.05) is 38.2 Å². The maximum atomic E-state index is 13.7. The molecule has 0 saturated heterocycles. The van der Waals surface area contributed by atoms with Crippen LogP contribution in [-0.4, -0.2) is 54.0 Å². The lowest BCUT2D eigenvalue weighted by Crippen LogP contribution is -2.39. The van der Waals surface area contributed by atoms with E-state index in [0.717, 1.165) is 23.4 Å². The Hall–Kier alpha value is -3.04. The summed E-state index contributed by atoms with van der Waals surface area (Å²) in [4.78, 5) is 33.2. The molecule has 0 saturated carbocycles. The van der Waals surface area contributed by atoms with Crippen LogP contribution in [0.3, 0.4) is 0 Å². The highest BCUT2D eigenvalue weighted by atomic mass is 32.1. The summed E-state index contributed by atoms with van der Waals surface area (Å²) in [6.45, 7) is 10.6. The van der Waals surface area contributed by atoms with Gasteiger partial charge in [-0.15, -0.1) is 0 Å². The van der Waals surface area contributed by atoms with Gasteiger partial charge in [0, 0.05) is 30.3 Å². The average molecular weight is 457 g/mol. The molecule has 1 aromatic heterocycles. The second-order valence-electron chi connectivity index (χ2n) is 7.45. The van der Waals surface area contributed by atoms with Gasteiger partial charge in [0.2, 0.25) is 0 Å². The number of hydrogen-bond acceptors (Lipinski definition) is 7. The number of carbonyl (C=O) groups is 1. The second kappa shape index (κ2) is 10.1. The number of hydrogen-bond donors (Lipinski definition) is 0. The predicted molar refractivity (Wildman–Crippen MR) is 128 cm³/mol. The van der Waals surface area contributed by atoms with Gasteiger partial charge in [0.1, 0.15) is 11.3 Å². The summed E-state index contributed by atoms with van der Waals surface area (Å²) >= 11 is 1.43. The van der Waals surface area contributed by atoms with Crippen LogP contribution in [0.5, 0.6) is 5.75 Å². The first kappa shape index (κ1) is 23.6. The highest BCUT2D eigenvalue weighted by molar-refractivity contribution is 7.22. The van der Waals surface area contributed by atoms with Gasteiger partial charge in [-0.3, -0.25) is 19.8 Å². The van der Waals surface area contributed by atoms with Crippen molar-refractivity contribution in [2.45, 2.75) is 27.7 Å². The van der Waals surface area contributed by atoms with E-state index in [-0.39, 0.29) is 11.6 Å². The van der Waals surface area contributed by atoms with Crippen LogP contribution in [0.2, 0.25) is 0 Å². The van der Waals surface area contributed by atoms with Crippen molar-refractivity contribution < 1.29 is 14.5 Å². The molecule has 8 nitrogen and oxygen atoms in total. The standard InChI is InChI=1S/C23H28N4O4S/c1-6-25(7-2)13-14-26(22(28)17-9-8-10-18(16(17)4)27(29)30)23-24-20-19(31-5)12-11-15(3)21(20)32-23/h8-12H,6-7,13-14H2,1-5H3. The summed E-state index contributed by atoms with van der Waals surface area (Å²) in [6, 6.07) is 8.43. The lowest BCUT2D eigenvalue weighted by Gasteiger charge is -2.25. The number of thiazole rings is 1. The van der Waals surface area contributed by atoms with E-state index >= 15 is 0 Å². The molecule has 0 N–H and O–H groups in total. The average Bonchev–Trinajstić information content (AvgIpc) is 3.22. The number of anilines is 1. The van der Waals surface area contributed by atoms with E-state index < -0.39 is 4.92 Å². The van der Waals surface area contributed by atoms with Gasteiger partial charge in [-0.25, -0.2) is 4.98 Å². The molecule has 32 heavy (non-hydrogen) atoms. The summed E-state index contributed by atoms with van der Waals surface area (Å²) in [5, 5.41) is 12.0. The first-order chi connectivity index (χ1) is 15.3. The highest BCUT2D eigenvalue weighted by Gasteiger charge is 2.26. The Bertz CT molecular complexity index is 1140. The van der Waals surface area contributed by atoms with Crippen LogP contribution in [0.25, 0.3) is 10.2 Å². The van der Waals surface area contributed by atoms with Crippen LogP contribution in [0.1, 0.15) is 35.3 Å². The van der Waals surface area contributed by atoms with Crippen LogP contribution in [-0.2, 0) is 0 Å². The zero-order valence-electron chi connectivity index (χ0n) is 19.0. The summed E-state index contributed by atoms with van der Waals surface area (Å²) in [5.74, 6) is 0.352. The van der Waals surface area contributed by atoms with E-state index in [1.165, 1.54) is 17.4 Å². The number of fused-ring (bicyclic) bond motifs is 1. The first-order valence-corrected chi connectivity index (χ1v) is 11.4. The molecule has 0 aliphatic rings. The van der Waals surface area contributed by atoms with Crippen LogP contribution < -0.4 is 9.64 Å². The fraction of sp³-hybridized carbons (Fsp3) is 0.391. The zero-order valence-corrected chi connectivity index (χ0v) is 19.9. The van der Waals surface area contributed by atoms with Crippen LogP contribution in [0.15, 0.2) is 30.3 Å². The van der Waals surface area contributed by atoms with Crippen LogP contribution in [0, 0.1) is 24.0 Å². The van der Waals surface area contributed by atoms with Crippen LogP contribution >= 0.6 is 11.3 Å². The SMILES string of the molecule is CCN(CC)CCN(C(=O)c1cccc([N+](=O)[O-])c1C)c1nc2c(OC)ccc(C)c2s1. The van der Waals surface area contributed by atoms with E-state index in [1.54, 1.807) is 31.1 Å². The fourth-order valence-corrected chi connectivity index (χ4v) is 4.72. The molecular formula is C23H28N4O4S. The molecular weight excluding hydrogens is 428 g/mol. The van der Waals surface area contributed by atoms with Crippen molar-refractivity contribution >= 4 is 38.3 Å². The Balaban J connectivity index is 2.10. The van der Waals surface area contributed by atoms with E-state index in [9.17, 15) is 14.9 Å². The number of amides is 1. The predicted octanol–water partition coefficient (Wildman–Crippen LogP) is 4.82. The Morgan fingerprint density at radius 1 is 1.16 bits per heavy atom. The number of likely N-dealkylation sites (N-methyl/N-ethyl adjacent to an activating group) is 1. The molecule has 0 atom stereocenters. The molecule has 1 amide bonds. The number of aryl methyl sites for hydroxylation is 1. The molecule has 170 valence electrons. The molecule has 3 rings (SSSR count). The minimum Gasteiger partial charge on any atom is -0.494 e. The van der Waals surface area contributed by atoms with E-state index in [0.29, 0.717) is 40.6 Å². The molecule has 3 aromatic rings. The Morgan fingerprint density at radius 3 is 2.50 bits per heavy atom. The Morgan fingerprint density at radius 2 is 1.88 bits per heavy atom.